The molecule has 2 N–H and O–H groups in total. The van der Waals surface area contributed by atoms with Crippen LogP contribution in [0.1, 0.15) is 43.0 Å². The van der Waals surface area contributed by atoms with Crippen molar-refractivity contribution in [1.29, 1.82) is 0 Å². The molecular weight excluding hydrogens is 390 g/mol. The van der Waals surface area contributed by atoms with Gasteiger partial charge in [0.2, 0.25) is 0 Å². The minimum atomic E-state index is -4.47. The molecule has 2 aromatic rings. The summed E-state index contributed by atoms with van der Waals surface area (Å²) in [5.74, 6) is -2.22. The average Bonchev–Trinajstić information content (AvgIpc) is 2.68. The lowest BCUT2D eigenvalue weighted by atomic mass is 10.2. The van der Waals surface area contributed by atoms with E-state index in [-0.39, 0.29) is 5.56 Å². The molecule has 0 saturated carbocycles. The zero-order valence-electron chi connectivity index (χ0n) is 15.4. The van der Waals surface area contributed by atoms with Crippen molar-refractivity contribution < 1.29 is 26.7 Å². The first-order chi connectivity index (χ1) is 13.3. The largest absolute Gasteiger partial charge is 0.494 e. The summed E-state index contributed by atoms with van der Waals surface area (Å²) in [4.78, 5) is 12.9. The molecule has 6 nitrogen and oxygen atoms in total. The molecule has 28 heavy (non-hydrogen) atoms. The Morgan fingerprint density at radius 3 is 2.43 bits per heavy atom. The molecule has 152 valence electrons. The predicted molar refractivity (Wildman–Crippen MR) is 100 cm³/mol. The fourth-order valence-corrected chi connectivity index (χ4v) is 3.27. The molecule has 2 aromatic carbocycles. The van der Waals surface area contributed by atoms with E-state index in [9.17, 15) is 22.0 Å². The molecule has 0 atom stereocenters. The number of benzene rings is 2. The Kier molecular flexibility index (Phi) is 7.89. The summed E-state index contributed by atoms with van der Waals surface area (Å²) in [6.07, 6.45) is 4.31. The number of hydrogen-bond donors (Lipinski definition) is 2. The number of halogens is 2. The molecule has 1 amide bonds. The van der Waals surface area contributed by atoms with Crippen LogP contribution in [-0.2, 0) is 10.0 Å². The number of carbonyl (C=O) groups excluding carboxylic acids is 1. The number of unbranched alkanes of at least 4 members (excludes halogenated alkanes) is 3. The molecule has 0 spiro atoms. The van der Waals surface area contributed by atoms with Gasteiger partial charge in [0.05, 0.1) is 6.61 Å². The highest BCUT2D eigenvalue weighted by Crippen LogP contribution is 2.16. The lowest BCUT2D eigenvalue weighted by Crippen LogP contribution is -2.41. The molecule has 0 saturated heterocycles. The lowest BCUT2D eigenvalue weighted by Gasteiger charge is -2.10. The Morgan fingerprint density at radius 1 is 1.04 bits per heavy atom. The van der Waals surface area contributed by atoms with E-state index in [4.69, 9.17) is 4.74 Å². The number of amides is 1. The van der Waals surface area contributed by atoms with E-state index >= 15 is 0 Å². The third-order valence-corrected chi connectivity index (χ3v) is 5.13. The van der Waals surface area contributed by atoms with Crippen LogP contribution in [0.25, 0.3) is 0 Å². The van der Waals surface area contributed by atoms with Gasteiger partial charge in [0.1, 0.15) is 22.3 Å². The zero-order valence-corrected chi connectivity index (χ0v) is 16.2. The summed E-state index contributed by atoms with van der Waals surface area (Å²) in [6.45, 7) is 2.70. The molecule has 2 rings (SSSR count). The molecule has 0 aliphatic heterocycles. The summed E-state index contributed by atoms with van der Waals surface area (Å²) < 4.78 is 56.4. The Bertz CT molecular complexity index is 903. The number of hydrogen-bond acceptors (Lipinski definition) is 4. The van der Waals surface area contributed by atoms with Crippen molar-refractivity contribution in [3.63, 3.8) is 0 Å². The van der Waals surface area contributed by atoms with Gasteiger partial charge in [-0.3, -0.25) is 10.2 Å². The predicted octanol–water partition coefficient (Wildman–Crippen LogP) is 3.55. The van der Waals surface area contributed by atoms with Crippen molar-refractivity contribution in [2.75, 3.05) is 6.61 Å². The summed E-state index contributed by atoms with van der Waals surface area (Å²) in [5, 5.41) is 0. The van der Waals surface area contributed by atoms with E-state index in [0.29, 0.717) is 24.5 Å². The fourth-order valence-electron chi connectivity index (χ4n) is 2.35. The van der Waals surface area contributed by atoms with Gasteiger partial charge < -0.3 is 4.74 Å². The van der Waals surface area contributed by atoms with Crippen LogP contribution in [0.3, 0.4) is 0 Å². The van der Waals surface area contributed by atoms with Crippen LogP contribution < -0.4 is 15.0 Å². The van der Waals surface area contributed by atoms with Gasteiger partial charge in [-0.2, -0.15) is 0 Å². The second-order valence-corrected chi connectivity index (χ2v) is 7.72. The average molecular weight is 412 g/mol. The van der Waals surface area contributed by atoms with Gasteiger partial charge in [0.25, 0.3) is 15.9 Å². The number of sulfonamides is 1. The highest BCUT2D eigenvalue weighted by molar-refractivity contribution is 7.89. The van der Waals surface area contributed by atoms with Gasteiger partial charge in [-0.05, 0) is 48.9 Å². The monoisotopic (exact) mass is 412 g/mol. The Labute approximate surface area is 162 Å². The third-order valence-electron chi connectivity index (χ3n) is 3.86. The van der Waals surface area contributed by atoms with Crippen LogP contribution in [0.15, 0.2) is 47.4 Å². The van der Waals surface area contributed by atoms with Crippen LogP contribution in [0.2, 0.25) is 0 Å². The maximum atomic E-state index is 13.6. The molecule has 0 bridgehead atoms. The summed E-state index contributed by atoms with van der Waals surface area (Å²) in [7, 11) is -4.47. The summed E-state index contributed by atoms with van der Waals surface area (Å²) >= 11 is 0. The molecule has 0 unspecified atom stereocenters. The third kappa shape index (κ3) is 6.28. The minimum absolute atomic E-state index is 0.167. The van der Waals surface area contributed by atoms with Crippen molar-refractivity contribution in [3.8, 4) is 5.75 Å². The van der Waals surface area contributed by atoms with Crippen molar-refractivity contribution >= 4 is 15.9 Å². The second kappa shape index (κ2) is 10.1. The van der Waals surface area contributed by atoms with Gasteiger partial charge in [-0.15, -0.1) is 4.83 Å². The smallest absolute Gasteiger partial charge is 0.266 e. The molecule has 9 heteroatoms. The van der Waals surface area contributed by atoms with Gasteiger partial charge in [-0.25, -0.2) is 17.2 Å². The SMILES string of the molecule is CCCCCCOc1ccc(C(=O)NNS(=O)(=O)c2cc(F)ccc2F)cc1. The summed E-state index contributed by atoms with van der Waals surface area (Å²) in [5.41, 5.74) is 2.13. The fraction of sp³-hybridized carbons (Fsp3) is 0.316. The standard InChI is InChI=1S/C19H22F2N2O4S/c1-2-3-4-5-12-27-16-9-6-14(7-10-16)19(24)22-23-28(25,26)18-13-15(20)8-11-17(18)21/h6-11,13,23H,2-5,12H2,1H3,(H,22,24). The first-order valence-corrected chi connectivity index (χ1v) is 10.3. The van der Waals surface area contributed by atoms with Crippen LogP contribution >= 0.6 is 0 Å². The minimum Gasteiger partial charge on any atom is -0.494 e. The van der Waals surface area contributed by atoms with Crippen LogP contribution in [0, 0.1) is 11.6 Å². The van der Waals surface area contributed by atoms with Gasteiger partial charge in [-0.1, -0.05) is 26.2 Å². The first-order valence-electron chi connectivity index (χ1n) is 8.83. The molecular formula is C19H22F2N2O4S. The highest BCUT2D eigenvalue weighted by atomic mass is 32.2. The molecule has 0 aliphatic rings. The number of nitrogens with one attached hydrogen (secondary N) is 2. The van der Waals surface area contributed by atoms with Crippen molar-refractivity contribution in [1.82, 2.24) is 10.3 Å². The Morgan fingerprint density at radius 2 is 1.75 bits per heavy atom. The van der Waals surface area contributed by atoms with E-state index < -0.39 is 32.5 Å². The Balaban J connectivity index is 1.91. The van der Waals surface area contributed by atoms with Crippen LogP contribution in [-0.4, -0.2) is 20.9 Å². The molecule has 0 aromatic heterocycles. The van der Waals surface area contributed by atoms with Crippen molar-refractivity contribution in [2.45, 2.75) is 37.5 Å². The molecule has 0 heterocycles. The number of rotatable bonds is 10. The quantitative estimate of drug-likeness (QED) is 0.462. The topological polar surface area (TPSA) is 84.5 Å². The molecule has 0 fully saturated rings. The highest BCUT2D eigenvalue weighted by Gasteiger charge is 2.21. The normalized spacial score (nSPS) is 11.2. The van der Waals surface area contributed by atoms with Crippen LogP contribution in [0.4, 0.5) is 8.78 Å². The maximum Gasteiger partial charge on any atom is 0.266 e. The van der Waals surface area contributed by atoms with Gasteiger partial charge in [0, 0.05) is 5.56 Å². The first kappa shape index (κ1) is 21.8. The van der Waals surface area contributed by atoms with Crippen molar-refractivity contribution in [3.05, 3.63) is 59.7 Å². The summed E-state index contributed by atoms with van der Waals surface area (Å²) in [6, 6.07) is 8.12. The maximum absolute atomic E-state index is 13.6. The van der Waals surface area contributed by atoms with E-state index in [0.717, 1.165) is 31.7 Å². The number of hydrazine groups is 1. The van der Waals surface area contributed by atoms with E-state index in [2.05, 4.69) is 6.92 Å². The lowest BCUT2D eigenvalue weighted by molar-refractivity contribution is 0.0945. The zero-order chi connectivity index (χ0) is 20.6. The molecule has 0 aliphatic carbocycles. The second-order valence-electron chi connectivity index (χ2n) is 6.07. The number of carbonyl (C=O) groups is 1. The van der Waals surface area contributed by atoms with E-state index in [1.807, 2.05) is 5.43 Å². The van der Waals surface area contributed by atoms with E-state index in [1.54, 1.807) is 17.0 Å². The number of ether oxygens (including phenoxy) is 1. The van der Waals surface area contributed by atoms with Gasteiger partial charge >= 0.3 is 0 Å². The molecule has 0 radical (unpaired) electrons. The van der Waals surface area contributed by atoms with Crippen LogP contribution in [0.5, 0.6) is 5.75 Å². The van der Waals surface area contributed by atoms with Gasteiger partial charge in [0.15, 0.2) is 0 Å². The van der Waals surface area contributed by atoms with E-state index in [1.165, 1.54) is 12.1 Å². The Hall–Kier alpha value is -2.52. The van der Waals surface area contributed by atoms with Crippen molar-refractivity contribution in [2.24, 2.45) is 0 Å².